The van der Waals surface area contributed by atoms with E-state index in [1.165, 1.54) is 12.1 Å². The number of aromatic nitrogens is 2. The lowest BCUT2D eigenvalue weighted by molar-refractivity contribution is 0.355. The van der Waals surface area contributed by atoms with Gasteiger partial charge in [0.2, 0.25) is 5.95 Å². The van der Waals surface area contributed by atoms with Gasteiger partial charge < -0.3 is 15.2 Å². The number of benzene rings is 2. The van der Waals surface area contributed by atoms with E-state index in [1.54, 1.807) is 43.1 Å². The van der Waals surface area contributed by atoms with Crippen LogP contribution in [0, 0.1) is 5.82 Å². The Morgan fingerprint density at radius 3 is 2.29 bits per heavy atom. The number of hydrogen-bond donors (Lipinski definition) is 1. The first-order valence-corrected chi connectivity index (χ1v) is 6.30. The molecule has 0 radical (unpaired) electrons. The lowest BCUT2D eigenvalue weighted by Crippen LogP contribution is -2.00. The maximum Gasteiger partial charge on any atom is 0.205 e. The van der Waals surface area contributed by atoms with Crippen LogP contribution in [0.3, 0.4) is 0 Å². The molecule has 0 bridgehead atoms. The molecule has 0 saturated carbocycles. The van der Waals surface area contributed by atoms with Crippen LogP contribution in [0.2, 0.25) is 0 Å². The van der Waals surface area contributed by atoms with E-state index in [4.69, 9.17) is 15.2 Å². The van der Waals surface area contributed by atoms with Gasteiger partial charge in [-0.1, -0.05) is 0 Å². The second kappa shape index (κ2) is 4.97. The smallest absolute Gasteiger partial charge is 0.205 e. The van der Waals surface area contributed by atoms with E-state index in [0.717, 1.165) is 11.2 Å². The van der Waals surface area contributed by atoms with E-state index in [2.05, 4.69) is 4.98 Å². The van der Waals surface area contributed by atoms with Crippen molar-refractivity contribution < 1.29 is 13.9 Å². The van der Waals surface area contributed by atoms with Gasteiger partial charge in [0.05, 0.1) is 25.3 Å². The minimum atomic E-state index is -0.305. The van der Waals surface area contributed by atoms with Crippen LogP contribution in [0.25, 0.3) is 16.7 Å². The lowest BCUT2D eigenvalue weighted by atomic mass is 10.2. The van der Waals surface area contributed by atoms with Gasteiger partial charge in [-0.3, -0.25) is 4.57 Å². The number of anilines is 1. The summed E-state index contributed by atoms with van der Waals surface area (Å²) in [5, 5.41) is 0. The van der Waals surface area contributed by atoms with Crippen LogP contribution >= 0.6 is 0 Å². The highest BCUT2D eigenvalue weighted by Gasteiger charge is 2.14. The Bertz CT molecular complexity index is 797. The van der Waals surface area contributed by atoms with Gasteiger partial charge in [0.15, 0.2) is 11.5 Å². The number of nitrogen functional groups attached to an aromatic ring is 1. The molecule has 0 aliphatic heterocycles. The third kappa shape index (κ3) is 2.14. The Labute approximate surface area is 120 Å². The molecule has 0 aliphatic rings. The molecule has 108 valence electrons. The Morgan fingerprint density at radius 2 is 1.67 bits per heavy atom. The van der Waals surface area contributed by atoms with E-state index in [1.807, 2.05) is 0 Å². The summed E-state index contributed by atoms with van der Waals surface area (Å²) in [4.78, 5) is 4.31. The fourth-order valence-electron chi connectivity index (χ4n) is 2.28. The van der Waals surface area contributed by atoms with E-state index in [-0.39, 0.29) is 5.82 Å². The summed E-state index contributed by atoms with van der Waals surface area (Å²) in [7, 11) is 3.12. The number of imidazole rings is 1. The average molecular weight is 287 g/mol. The normalized spacial score (nSPS) is 10.8. The molecule has 3 rings (SSSR count). The first-order chi connectivity index (χ1) is 10.1. The number of hydrogen-bond acceptors (Lipinski definition) is 4. The first kappa shape index (κ1) is 13.2. The first-order valence-electron chi connectivity index (χ1n) is 6.30. The van der Waals surface area contributed by atoms with Crippen molar-refractivity contribution in [3.63, 3.8) is 0 Å². The van der Waals surface area contributed by atoms with E-state index >= 15 is 0 Å². The number of methoxy groups -OCH3 is 2. The second-order valence-corrected chi connectivity index (χ2v) is 4.48. The van der Waals surface area contributed by atoms with Crippen molar-refractivity contribution in [1.29, 1.82) is 0 Å². The zero-order valence-corrected chi connectivity index (χ0v) is 11.6. The highest BCUT2D eigenvalue weighted by Crippen LogP contribution is 2.34. The minimum Gasteiger partial charge on any atom is -0.493 e. The summed E-state index contributed by atoms with van der Waals surface area (Å²) in [6.07, 6.45) is 0. The van der Waals surface area contributed by atoms with Crippen molar-refractivity contribution >= 4 is 17.0 Å². The van der Waals surface area contributed by atoms with Crippen LogP contribution in [0.1, 0.15) is 0 Å². The van der Waals surface area contributed by atoms with E-state index in [0.29, 0.717) is 23.0 Å². The molecule has 0 fully saturated rings. The van der Waals surface area contributed by atoms with Crippen LogP contribution in [-0.2, 0) is 0 Å². The zero-order valence-electron chi connectivity index (χ0n) is 11.6. The molecule has 0 saturated heterocycles. The summed E-state index contributed by atoms with van der Waals surface area (Å²) in [5.74, 6) is 1.16. The predicted molar refractivity (Wildman–Crippen MR) is 78.5 cm³/mol. The Balaban J connectivity index is 2.27. The van der Waals surface area contributed by atoms with Gasteiger partial charge in [-0.2, -0.15) is 0 Å². The number of fused-ring (bicyclic) bond motifs is 1. The van der Waals surface area contributed by atoms with Crippen LogP contribution in [-0.4, -0.2) is 23.8 Å². The van der Waals surface area contributed by atoms with Gasteiger partial charge in [0.25, 0.3) is 0 Å². The molecule has 2 N–H and O–H groups in total. The molecule has 21 heavy (non-hydrogen) atoms. The number of nitrogens with zero attached hydrogens (tertiary/aromatic N) is 2. The van der Waals surface area contributed by atoms with Crippen LogP contribution in [0.4, 0.5) is 10.3 Å². The van der Waals surface area contributed by atoms with Crippen molar-refractivity contribution in [2.75, 3.05) is 20.0 Å². The zero-order chi connectivity index (χ0) is 15.0. The average Bonchev–Trinajstić information content (AvgIpc) is 2.81. The molecule has 3 aromatic rings. The molecular weight excluding hydrogens is 273 g/mol. The Kier molecular flexibility index (Phi) is 3.13. The Hall–Kier alpha value is -2.76. The summed E-state index contributed by atoms with van der Waals surface area (Å²) >= 11 is 0. The summed E-state index contributed by atoms with van der Waals surface area (Å²) in [5.41, 5.74) is 8.14. The standard InChI is InChI=1S/C15H14FN3O2/c1-20-13-7-11-12(8-14(13)21-2)19(15(17)18-11)10-5-3-9(16)4-6-10/h3-8H,1-2H3,(H2,17,18). The number of halogens is 1. The van der Waals surface area contributed by atoms with Crippen LogP contribution in [0.15, 0.2) is 36.4 Å². The molecule has 0 amide bonds. The third-order valence-electron chi connectivity index (χ3n) is 3.27. The summed E-state index contributed by atoms with van der Waals surface area (Å²) in [6.45, 7) is 0. The molecule has 5 nitrogen and oxygen atoms in total. The van der Waals surface area contributed by atoms with E-state index < -0.39 is 0 Å². The fourth-order valence-corrected chi connectivity index (χ4v) is 2.28. The van der Waals surface area contributed by atoms with Crippen molar-refractivity contribution in [3.05, 3.63) is 42.2 Å². The molecule has 0 unspecified atom stereocenters. The molecule has 1 heterocycles. The number of rotatable bonds is 3. The van der Waals surface area contributed by atoms with Gasteiger partial charge in [0, 0.05) is 17.8 Å². The van der Waals surface area contributed by atoms with Crippen LogP contribution in [0.5, 0.6) is 11.5 Å². The summed E-state index contributed by atoms with van der Waals surface area (Å²) in [6, 6.07) is 9.58. The topological polar surface area (TPSA) is 62.3 Å². The molecule has 0 spiro atoms. The SMILES string of the molecule is COc1cc2nc(N)n(-c3ccc(F)cc3)c2cc1OC. The monoisotopic (exact) mass is 287 g/mol. The molecular formula is C15H14FN3O2. The van der Waals surface area contributed by atoms with Crippen LogP contribution < -0.4 is 15.2 Å². The summed E-state index contributed by atoms with van der Waals surface area (Å²) < 4.78 is 25.3. The fraction of sp³-hybridized carbons (Fsp3) is 0.133. The van der Waals surface area contributed by atoms with Crippen molar-refractivity contribution in [2.45, 2.75) is 0 Å². The predicted octanol–water partition coefficient (Wildman–Crippen LogP) is 2.76. The number of ether oxygens (including phenoxy) is 2. The van der Waals surface area contributed by atoms with Gasteiger partial charge in [0.1, 0.15) is 5.82 Å². The molecule has 0 aliphatic carbocycles. The molecule has 0 atom stereocenters. The van der Waals surface area contributed by atoms with Gasteiger partial charge >= 0.3 is 0 Å². The van der Waals surface area contributed by atoms with Gasteiger partial charge in [-0.15, -0.1) is 0 Å². The minimum absolute atomic E-state index is 0.305. The molecule has 6 heteroatoms. The van der Waals surface area contributed by atoms with Crippen molar-refractivity contribution in [3.8, 4) is 17.2 Å². The number of nitrogens with two attached hydrogens (primary N) is 1. The van der Waals surface area contributed by atoms with Gasteiger partial charge in [-0.25, -0.2) is 9.37 Å². The molecule has 2 aromatic carbocycles. The second-order valence-electron chi connectivity index (χ2n) is 4.48. The maximum absolute atomic E-state index is 13.1. The van der Waals surface area contributed by atoms with Crippen molar-refractivity contribution in [1.82, 2.24) is 9.55 Å². The van der Waals surface area contributed by atoms with E-state index in [9.17, 15) is 4.39 Å². The lowest BCUT2D eigenvalue weighted by Gasteiger charge is -2.09. The highest BCUT2D eigenvalue weighted by atomic mass is 19.1. The van der Waals surface area contributed by atoms with Gasteiger partial charge in [-0.05, 0) is 24.3 Å². The third-order valence-corrected chi connectivity index (χ3v) is 3.27. The molecule has 1 aromatic heterocycles. The van der Waals surface area contributed by atoms with Crippen molar-refractivity contribution in [2.24, 2.45) is 0 Å². The maximum atomic E-state index is 13.1. The highest BCUT2D eigenvalue weighted by molar-refractivity contribution is 5.84. The Morgan fingerprint density at radius 1 is 1.05 bits per heavy atom. The largest absolute Gasteiger partial charge is 0.493 e. The quantitative estimate of drug-likeness (QED) is 0.804.